The van der Waals surface area contributed by atoms with E-state index in [1.807, 2.05) is 53.6 Å². The van der Waals surface area contributed by atoms with Gasteiger partial charge in [-0.15, -0.1) is 10.2 Å². The summed E-state index contributed by atoms with van der Waals surface area (Å²) >= 11 is 1.37. The molecular weight excluding hydrogens is 411 g/mol. The minimum Gasteiger partial charge on any atom is -0.342 e. The summed E-state index contributed by atoms with van der Waals surface area (Å²) in [5, 5.41) is 8.86. The number of carbonyl (C=O) groups is 1. The molecule has 0 unspecified atom stereocenters. The standard InChI is InChI=1S/C24H29FN4OS/c1-5-28(6-2)23(30)21(18-12-8-7-9-13-18)31-24-27-26-22(29(24)16-17(3)4)19-14-10-11-15-20(19)25/h7-15,17,21H,5-6,16H2,1-4H3/t21-/m1/s1. The van der Waals surface area contributed by atoms with E-state index in [2.05, 4.69) is 24.0 Å². The highest BCUT2D eigenvalue weighted by atomic mass is 32.2. The van der Waals surface area contributed by atoms with Crippen molar-refractivity contribution in [3.63, 3.8) is 0 Å². The van der Waals surface area contributed by atoms with Gasteiger partial charge in [-0.05, 0) is 37.5 Å². The summed E-state index contributed by atoms with van der Waals surface area (Å²) in [6, 6.07) is 16.3. The molecule has 0 saturated carbocycles. The van der Waals surface area contributed by atoms with Gasteiger partial charge in [0, 0.05) is 19.6 Å². The van der Waals surface area contributed by atoms with Gasteiger partial charge in [-0.1, -0.05) is 68.1 Å². The minimum absolute atomic E-state index is 0.0349. The summed E-state index contributed by atoms with van der Waals surface area (Å²) in [6.07, 6.45) is 0. The highest BCUT2D eigenvalue weighted by molar-refractivity contribution is 8.00. The van der Waals surface area contributed by atoms with E-state index in [0.29, 0.717) is 42.1 Å². The van der Waals surface area contributed by atoms with E-state index >= 15 is 0 Å². The summed E-state index contributed by atoms with van der Waals surface area (Å²) in [5.41, 5.74) is 1.32. The first-order chi connectivity index (χ1) is 15.0. The first-order valence-electron chi connectivity index (χ1n) is 10.6. The Bertz CT molecular complexity index is 1000. The number of likely N-dealkylation sites (N-methyl/N-ethyl adjacent to an activating group) is 1. The van der Waals surface area contributed by atoms with E-state index in [1.54, 1.807) is 18.2 Å². The van der Waals surface area contributed by atoms with Gasteiger partial charge in [-0.25, -0.2) is 4.39 Å². The van der Waals surface area contributed by atoms with Gasteiger partial charge >= 0.3 is 0 Å². The quantitative estimate of drug-likeness (QED) is 0.416. The van der Waals surface area contributed by atoms with Gasteiger partial charge in [-0.3, -0.25) is 4.79 Å². The number of thioether (sulfide) groups is 1. The summed E-state index contributed by atoms with van der Waals surface area (Å²) < 4.78 is 16.4. The Morgan fingerprint density at radius 3 is 2.29 bits per heavy atom. The van der Waals surface area contributed by atoms with Crippen LogP contribution in [0.2, 0.25) is 0 Å². The molecule has 31 heavy (non-hydrogen) atoms. The fraction of sp³-hybridized carbons (Fsp3) is 0.375. The molecule has 7 heteroatoms. The van der Waals surface area contributed by atoms with Gasteiger partial charge in [-0.2, -0.15) is 0 Å². The fourth-order valence-electron chi connectivity index (χ4n) is 3.44. The summed E-state index contributed by atoms with van der Waals surface area (Å²) in [7, 11) is 0. The molecule has 0 N–H and O–H groups in total. The third-order valence-electron chi connectivity index (χ3n) is 5.00. The van der Waals surface area contributed by atoms with Crippen molar-refractivity contribution < 1.29 is 9.18 Å². The van der Waals surface area contributed by atoms with Crippen molar-refractivity contribution in [1.82, 2.24) is 19.7 Å². The lowest BCUT2D eigenvalue weighted by Crippen LogP contribution is -2.34. The van der Waals surface area contributed by atoms with E-state index < -0.39 is 5.25 Å². The van der Waals surface area contributed by atoms with Crippen LogP contribution in [0.25, 0.3) is 11.4 Å². The number of nitrogens with zero attached hydrogens (tertiary/aromatic N) is 4. The Hall–Kier alpha value is -2.67. The summed E-state index contributed by atoms with van der Waals surface area (Å²) in [4.78, 5) is 15.2. The molecule has 0 aliphatic rings. The van der Waals surface area contributed by atoms with Crippen molar-refractivity contribution in [3.05, 3.63) is 66.0 Å². The topological polar surface area (TPSA) is 51.0 Å². The van der Waals surface area contributed by atoms with Crippen LogP contribution in [0.15, 0.2) is 59.8 Å². The van der Waals surface area contributed by atoms with Gasteiger partial charge in [0.2, 0.25) is 5.91 Å². The Kier molecular flexibility index (Phi) is 7.85. The number of benzene rings is 2. The summed E-state index contributed by atoms with van der Waals surface area (Å²) in [5.74, 6) is 0.481. The molecule has 3 rings (SSSR count). The maximum Gasteiger partial charge on any atom is 0.240 e. The van der Waals surface area contributed by atoms with Gasteiger partial charge in [0.1, 0.15) is 11.1 Å². The first kappa shape index (κ1) is 23.0. The molecule has 2 aromatic carbocycles. The lowest BCUT2D eigenvalue weighted by molar-refractivity contribution is -0.130. The summed E-state index contributed by atoms with van der Waals surface area (Å²) in [6.45, 7) is 10.0. The Labute approximate surface area is 187 Å². The zero-order chi connectivity index (χ0) is 22.4. The maximum atomic E-state index is 14.5. The number of hydrogen-bond acceptors (Lipinski definition) is 4. The minimum atomic E-state index is -0.454. The molecule has 164 valence electrons. The Morgan fingerprint density at radius 1 is 1.03 bits per heavy atom. The number of aromatic nitrogens is 3. The maximum absolute atomic E-state index is 14.5. The van der Waals surface area contributed by atoms with Crippen molar-refractivity contribution in [3.8, 4) is 11.4 Å². The molecule has 1 amide bonds. The van der Waals surface area contributed by atoms with E-state index in [9.17, 15) is 9.18 Å². The molecule has 0 fully saturated rings. The second-order valence-corrected chi connectivity index (χ2v) is 8.78. The number of carbonyl (C=O) groups excluding carboxylic acids is 1. The molecule has 1 atom stereocenters. The Morgan fingerprint density at radius 2 is 1.68 bits per heavy atom. The smallest absolute Gasteiger partial charge is 0.240 e. The third kappa shape index (κ3) is 5.34. The highest BCUT2D eigenvalue weighted by Gasteiger charge is 2.29. The Balaban J connectivity index is 2.05. The largest absolute Gasteiger partial charge is 0.342 e. The van der Waals surface area contributed by atoms with E-state index in [4.69, 9.17) is 0 Å². The molecular formula is C24H29FN4OS. The van der Waals surface area contributed by atoms with Crippen molar-refractivity contribution in [2.45, 2.75) is 44.6 Å². The zero-order valence-corrected chi connectivity index (χ0v) is 19.3. The SMILES string of the molecule is CCN(CC)C(=O)[C@H](Sc1nnc(-c2ccccc2F)n1CC(C)C)c1ccccc1. The number of amides is 1. The van der Waals surface area contributed by atoms with Gasteiger partial charge < -0.3 is 9.47 Å². The predicted octanol–water partition coefficient (Wildman–Crippen LogP) is 5.44. The van der Waals surface area contributed by atoms with Crippen LogP contribution in [0.1, 0.15) is 38.5 Å². The molecule has 0 radical (unpaired) electrons. The number of rotatable bonds is 9. The van der Waals surface area contributed by atoms with E-state index in [-0.39, 0.29) is 11.7 Å². The molecule has 5 nitrogen and oxygen atoms in total. The van der Waals surface area contributed by atoms with Crippen LogP contribution in [0.3, 0.4) is 0 Å². The van der Waals surface area contributed by atoms with Crippen molar-refractivity contribution in [2.24, 2.45) is 5.92 Å². The van der Waals surface area contributed by atoms with Gasteiger partial charge in [0.15, 0.2) is 11.0 Å². The monoisotopic (exact) mass is 440 g/mol. The van der Waals surface area contributed by atoms with Gasteiger partial charge in [0.05, 0.1) is 5.56 Å². The molecule has 0 saturated heterocycles. The second-order valence-electron chi connectivity index (χ2n) is 7.71. The molecule has 1 heterocycles. The highest BCUT2D eigenvalue weighted by Crippen LogP contribution is 2.38. The van der Waals surface area contributed by atoms with Crippen LogP contribution in [-0.2, 0) is 11.3 Å². The van der Waals surface area contributed by atoms with E-state index in [0.717, 1.165) is 5.56 Å². The van der Waals surface area contributed by atoms with Crippen LogP contribution in [-0.4, -0.2) is 38.7 Å². The average molecular weight is 441 g/mol. The normalized spacial score (nSPS) is 12.2. The van der Waals surface area contributed by atoms with E-state index in [1.165, 1.54) is 17.8 Å². The fourth-order valence-corrected chi connectivity index (χ4v) is 4.57. The molecule has 3 aromatic rings. The van der Waals surface area contributed by atoms with Crippen molar-refractivity contribution in [2.75, 3.05) is 13.1 Å². The van der Waals surface area contributed by atoms with Crippen molar-refractivity contribution >= 4 is 17.7 Å². The first-order valence-corrected chi connectivity index (χ1v) is 11.5. The van der Waals surface area contributed by atoms with Crippen LogP contribution in [0.5, 0.6) is 0 Å². The molecule has 1 aromatic heterocycles. The molecule has 0 aliphatic carbocycles. The lowest BCUT2D eigenvalue weighted by atomic mass is 10.1. The molecule has 0 spiro atoms. The van der Waals surface area contributed by atoms with Crippen LogP contribution in [0, 0.1) is 11.7 Å². The number of halogens is 1. The molecule has 0 aliphatic heterocycles. The van der Waals surface area contributed by atoms with Gasteiger partial charge in [0.25, 0.3) is 0 Å². The van der Waals surface area contributed by atoms with Crippen molar-refractivity contribution in [1.29, 1.82) is 0 Å². The van der Waals surface area contributed by atoms with Crippen LogP contribution >= 0.6 is 11.8 Å². The van der Waals surface area contributed by atoms with Crippen LogP contribution in [0.4, 0.5) is 4.39 Å². The van der Waals surface area contributed by atoms with Crippen LogP contribution < -0.4 is 0 Å². The predicted molar refractivity (Wildman–Crippen MR) is 123 cm³/mol. The lowest BCUT2D eigenvalue weighted by Gasteiger charge is -2.25. The third-order valence-corrected chi connectivity index (χ3v) is 6.23. The second kappa shape index (κ2) is 10.6. The molecule has 0 bridgehead atoms. The zero-order valence-electron chi connectivity index (χ0n) is 18.5. The average Bonchev–Trinajstić information content (AvgIpc) is 3.15. The number of hydrogen-bond donors (Lipinski definition) is 0.